The van der Waals surface area contributed by atoms with Crippen molar-refractivity contribution in [1.82, 2.24) is 4.90 Å². The summed E-state index contributed by atoms with van der Waals surface area (Å²) in [4.78, 5) is 27.5. The Bertz CT molecular complexity index is 1030. The maximum absolute atomic E-state index is 13.1. The van der Waals surface area contributed by atoms with E-state index in [4.69, 9.17) is 25.8 Å². The summed E-state index contributed by atoms with van der Waals surface area (Å²) in [6.07, 6.45) is 0.543. The fourth-order valence-corrected chi connectivity index (χ4v) is 3.98. The lowest BCUT2D eigenvalue weighted by atomic mass is 9.95. The number of hydrogen-bond acceptors (Lipinski definition) is 6. The molecule has 1 N–H and O–H groups in total. The molecule has 0 bridgehead atoms. The van der Waals surface area contributed by atoms with Crippen molar-refractivity contribution in [2.24, 2.45) is 0 Å². The molecular formula is C25H28ClNO6. The van der Waals surface area contributed by atoms with Crippen molar-refractivity contribution in [3.63, 3.8) is 0 Å². The van der Waals surface area contributed by atoms with Crippen molar-refractivity contribution >= 4 is 29.1 Å². The number of Topliss-reactive ketones (excluding diaryl/α,β-unsaturated/α-hetero) is 1. The van der Waals surface area contributed by atoms with Crippen LogP contribution in [0, 0.1) is 0 Å². The highest BCUT2D eigenvalue weighted by molar-refractivity contribution is 6.46. The maximum atomic E-state index is 13.1. The molecule has 176 valence electrons. The van der Waals surface area contributed by atoms with Gasteiger partial charge in [-0.3, -0.25) is 9.59 Å². The second-order valence-electron chi connectivity index (χ2n) is 7.41. The number of benzene rings is 2. The second kappa shape index (κ2) is 11.2. The SMILES string of the molecule is CCOc1ccc(/C(O)=C2/C(=O)C(=O)N(CCCOC)C2c2ccc(Cl)cc2)c(OCC)c1. The predicted molar refractivity (Wildman–Crippen MR) is 126 cm³/mol. The third-order valence-electron chi connectivity index (χ3n) is 5.29. The highest BCUT2D eigenvalue weighted by Gasteiger charge is 2.46. The van der Waals surface area contributed by atoms with Gasteiger partial charge in [-0.25, -0.2) is 0 Å². The number of aliphatic hydroxyl groups is 1. The minimum Gasteiger partial charge on any atom is -0.507 e. The Labute approximate surface area is 198 Å². The van der Waals surface area contributed by atoms with Crippen LogP contribution in [0.25, 0.3) is 5.76 Å². The van der Waals surface area contributed by atoms with E-state index >= 15 is 0 Å². The Morgan fingerprint density at radius 3 is 2.39 bits per heavy atom. The summed E-state index contributed by atoms with van der Waals surface area (Å²) < 4.78 is 16.4. The molecule has 8 heteroatoms. The van der Waals surface area contributed by atoms with E-state index in [2.05, 4.69) is 0 Å². The molecule has 0 spiro atoms. The lowest BCUT2D eigenvalue weighted by Gasteiger charge is -2.25. The Kier molecular flexibility index (Phi) is 8.36. The van der Waals surface area contributed by atoms with E-state index in [-0.39, 0.29) is 11.3 Å². The highest BCUT2D eigenvalue weighted by Crippen LogP contribution is 2.41. The molecule has 7 nitrogen and oxygen atoms in total. The minimum absolute atomic E-state index is 0.00449. The largest absolute Gasteiger partial charge is 0.507 e. The summed E-state index contributed by atoms with van der Waals surface area (Å²) in [7, 11) is 1.58. The van der Waals surface area contributed by atoms with Gasteiger partial charge in [0.15, 0.2) is 0 Å². The number of hydrogen-bond donors (Lipinski definition) is 1. The zero-order chi connectivity index (χ0) is 24.0. The first kappa shape index (κ1) is 24.6. The number of halogens is 1. The van der Waals surface area contributed by atoms with E-state index in [9.17, 15) is 14.7 Å². The molecule has 0 aliphatic carbocycles. The summed E-state index contributed by atoms with van der Waals surface area (Å²) in [5, 5.41) is 11.8. The average Bonchev–Trinajstić information content (AvgIpc) is 3.05. The molecule has 1 aliphatic rings. The number of carbonyl (C=O) groups excluding carboxylic acids is 2. The van der Waals surface area contributed by atoms with Gasteiger partial charge in [-0.05, 0) is 50.1 Å². The molecule has 33 heavy (non-hydrogen) atoms. The standard InChI is InChI=1S/C25H28ClNO6/c1-4-32-18-11-12-19(20(15-18)33-5-2)23(28)21-22(16-7-9-17(26)10-8-16)27(13-6-14-31-3)25(30)24(21)29/h7-12,15,22,28H,4-6,13-14H2,1-3H3/b23-21-. The van der Waals surface area contributed by atoms with E-state index in [0.717, 1.165) is 0 Å². The van der Waals surface area contributed by atoms with Gasteiger partial charge in [-0.15, -0.1) is 0 Å². The topological polar surface area (TPSA) is 85.3 Å². The van der Waals surface area contributed by atoms with Crippen molar-refractivity contribution in [3.8, 4) is 11.5 Å². The molecule has 1 saturated heterocycles. The number of aliphatic hydroxyl groups excluding tert-OH is 1. The number of rotatable bonds is 10. The smallest absolute Gasteiger partial charge is 0.295 e. The number of nitrogens with zero attached hydrogens (tertiary/aromatic N) is 1. The third kappa shape index (κ3) is 5.31. The monoisotopic (exact) mass is 473 g/mol. The number of ether oxygens (including phenoxy) is 3. The summed E-state index contributed by atoms with van der Waals surface area (Å²) >= 11 is 6.05. The molecule has 1 atom stereocenters. The molecule has 1 amide bonds. The number of methoxy groups -OCH3 is 1. The number of ketones is 1. The highest BCUT2D eigenvalue weighted by atomic mass is 35.5. The van der Waals surface area contributed by atoms with Gasteiger partial charge in [0.1, 0.15) is 17.3 Å². The molecule has 1 fully saturated rings. The van der Waals surface area contributed by atoms with Crippen LogP contribution in [0.1, 0.15) is 37.4 Å². The fraction of sp³-hybridized carbons (Fsp3) is 0.360. The molecule has 2 aromatic rings. The molecule has 1 heterocycles. The van der Waals surface area contributed by atoms with Crippen LogP contribution >= 0.6 is 11.6 Å². The van der Waals surface area contributed by atoms with Gasteiger partial charge in [0.2, 0.25) is 0 Å². The lowest BCUT2D eigenvalue weighted by Crippen LogP contribution is -2.31. The molecule has 2 aromatic carbocycles. The van der Waals surface area contributed by atoms with Crippen LogP contribution in [0.4, 0.5) is 0 Å². The maximum Gasteiger partial charge on any atom is 0.295 e. The van der Waals surface area contributed by atoms with Crippen molar-refractivity contribution in [2.45, 2.75) is 26.3 Å². The first-order chi connectivity index (χ1) is 15.9. The minimum atomic E-state index is -0.764. The van der Waals surface area contributed by atoms with Crippen molar-refractivity contribution in [1.29, 1.82) is 0 Å². The Balaban J connectivity index is 2.15. The predicted octanol–water partition coefficient (Wildman–Crippen LogP) is 4.60. The first-order valence-electron chi connectivity index (χ1n) is 10.9. The third-order valence-corrected chi connectivity index (χ3v) is 5.54. The van der Waals surface area contributed by atoms with Crippen LogP contribution < -0.4 is 9.47 Å². The van der Waals surface area contributed by atoms with Crippen molar-refractivity contribution in [3.05, 3.63) is 64.2 Å². The average molecular weight is 474 g/mol. The Morgan fingerprint density at radius 2 is 1.76 bits per heavy atom. The summed E-state index contributed by atoms with van der Waals surface area (Å²) in [5.74, 6) is -0.778. The molecule has 1 aliphatic heterocycles. The van der Waals surface area contributed by atoms with Crippen LogP contribution in [0.15, 0.2) is 48.0 Å². The van der Waals surface area contributed by atoms with Gasteiger partial charge < -0.3 is 24.2 Å². The number of amides is 1. The van der Waals surface area contributed by atoms with Crippen LogP contribution in [-0.2, 0) is 14.3 Å². The van der Waals surface area contributed by atoms with Crippen LogP contribution in [0.5, 0.6) is 11.5 Å². The zero-order valence-electron chi connectivity index (χ0n) is 19.0. The van der Waals surface area contributed by atoms with Crippen molar-refractivity contribution < 1.29 is 28.9 Å². The summed E-state index contributed by atoms with van der Waals surface area (Å²) in [6, 6.07) is 11.1. The van der Waals surface area contributed by atoms with E-state index in [1.54, 1.807) is 49.6 Å². The molecule has 3 rings (SSSR count). The van der Waals surface area contributed by atoms with E-state index < -0.39 is 17.7 Å². The number of likely N-dealkylation sites (tertiary alicyclic amines) is 1. The normalized spacial score (nSPS) is 17.5. The van der Waals surface area contributed by atoms with E-state index in [1.165, 1.54) is 4.90 Å². The summed E-state index contributed by atoms with van der Waals surface area (Å²) in [6.45, 7) is 5.24. The van der Waals surface area contributed by atoms with Gasteiger partial charge >= 0.3 is 0 Å². The Morgan fingerprint density at radius 1 is 1.06 bits per heavy atom. The lowest BCUT2D eigenvalue weighted by molar-refractivity contribution is -0.140. The van der Waals surface area contributed by atoms with Gasteiger partial charge in [-0.2, -0.15) is 0 Å². The summed E-state index contributed by atoms with van der Waals surface area (Å²) in [5.41, 5.74) is 0.987. The van der Waals surface area contributed by atoms with E-state index in [1.807, 2.05) is 13.8 Å². The fourth-order valence-electron chi connectivity index (χ4n) is 3.86. The first-order valence-corrected chi connectivity index (χ1v) is 11.2. The van der Waals surface area contributed by atoms with Crippen LogP contribution in [-0.4, -0.2) is 55.2 Å². The van der Waals surface area contributed by atoms with Crippen LogP contribution in [0.3, 0.4) is 0 Å². The molecule has 0 radical (unpaired) electrons. The second-order valence-corrected chi connectivity index (χ2v) is 7.85. The molecule has 0 saturated carbocycles. The zero-order valence-corrected chi connectivity index (χ0v) is 19.7. The molecular weight excluding hydrogens is 446 g/mol. The molecule has 1 unspecified atom stereocenters. The molecule has 0 aromatic heterocycles. The van der Waals surface area contributed by atoms with Gasteiger partial charge in [0, 0.05) is 31.4 Å². The van der Waals surface area contributed by atoms with Crippen molar-refractivity contribution in [2.75, 3.05) is 33.5 Å². The number of carbonyl (C=O) groups is 2. The van der Waals surface area contributed by atoms with Crippen LogP contribution in [0.2, 0.25) is 5.02 Å². The van der Waals surface area contributed by atoms with Gasteiger partial charge in [-0.1, -0.05) is 23.7 Å². The van der Waals surface area contributed by atoms with Gasteiger partial charge in [0.25, 0.3) is 11.7 Å². The van der Waals surface area contributed by atoms with Gasteiger partial charge in [0.05, 0.1) is 30.4 Å². The van der Waals surface area contributed by atoms with E-state index in [0.29, 0.717) is 60.4 Å². The quantitative estimate of drug-likeness (QED) is 0.235. The Hall–Kier alpha value is -3.03.